The zero-order chi connectivity index (χ0) is 16.1. The zero-order valence-electron chi connectivity index (χ0n) is 13.0. The summed E-state index contributed by atoms with van der Waals surface area (Å²) in [6.45, 7) is 1.77. The van der Waals surface area contributed by atoms with Crippen molar-refractivity contribution in [1.82, 2.24) is 5.32 Å². The summed E-state index contributed by atoms with van der Waals surface area (Å²) < 4.78 is 5.15. The van der Waals surface area contributed by atoms with Crippen LogP contribution in [0.15, 0.2) is 53.5 Å². The number of nitrogens with one attached hydrogen (secondary N) is 2. The lowest BCUT2D eigenvalue weighted by Crippen LogP contribution is -2.30. The van der Waals surface area contributed by atoms with E-state index in [2.05, 4.69) is 15.6 Å². The van der Waals surface area contributed by atoms with E-state index in [1.165, 1.54) is 0 Å². The Kier molecular flexibility index (Phi) is 4.57. The standard InChI is InChI=1S/C18H19N3O2/c1-23-16-8-3-6-14(12-16)18(22)21-15-7-2-5-13(11-15)17-19-9-4-10-20-17/h2-3,5-8,11-12H,4,9-10H2,1H3,(H,19,20)(H,21,22). The smallest absolute Gasteiger partial charge is 0.255 e. The number of amides is 1. The second kappa shape index (κ2) is 6.96. The van der Waals surface area contributed by atoms with Crippen LogP contribution in [0.25, 0.3) is 0 Å². The van der Waals surface area contributed by atoms with Crippen LogP contribution < -0.4 is 15.4 Å². The van der Waals surface area contributed by atoms with Gasteiger partial charge in [0.15, 0.2) is 0 Å². The molecule has 1 heterocycles. The normalized spacial score (nSPS) is 13.7. The maximum absolute atomic E-state index is 12.4. The van der Waals surface area contributed by atoms with Gasteiger partial charge >= 0.3 is 0 Å². The minimum Gasteiger partial charge on any atom is -0.497 e. The summed E-state index contributed by atoms with van der Waals surface area (Å²) in [5, 5.41) is 6.20. The van der Waals surface area contributed by atoms with Gasteiger partial charge in [-0.25, -0.2) is 0 Å². The first-order valence-electron chi connectivity index (χ1n) is 7.60. The molecular formula is C18H19N3O2. The molecule has 5 heteroatoms. The number of nitrogens with zero attached hydrogens (tertiary/aromatic N) is 1. The Labute approximate surface area is 135 Å². The van der Waals surface area contributed by atoms with Gasteiger partial charge in [0.05, 0.1) is 7.11 Å². The number of amidine groups is 1. The van der Waals surface area contributed by atoms with Crippen LogP contribution in [0.3, 0.4) is 0 Å². The van der Waals surface area contributed by atoms with Gasteiger partial charge < -0.3 is 15.4 Å². The molecule has 0 unspecified atom stereocenters. The Morgan fingerprint density at radius 1 is 1.22 bits per heavy atom. The third-order valence-electron chi connectivity index (χ3n) is 3.62. The van der Waals surface area contributed by atoms with Gasteiger partial charge in [-0.3, -0.25) is 9.79 Å². The fourth-order valence-electron chi connectivity index (χ4n) is 2.44. The van der Waals surface area contributed by atoms with Gasteiger partial charge in [-0.2, -0.15) is 0 Å². The molecule has 0 atom stereocenters. The van der Waals surface area contributed by atoms with Crippen LogP contribution in [0.5, 0.6) is 5.75 Å². The molecule has 23 heavy (non-hydrogen) atoms. The number of methoxy groups -OCH3 is 1. The van der Waals surface area contributed by atoms with Crippen molar-refractivity contribution in [3.05, 3.63) is 59.7 Å². The molecule has 0 bridgehead atoms. The summed E-state index contributed by atoms with van der Waals surface area (Å²) in [5.74, 6) is 1.38. The molecule has 0 saturated carbocycles. The fraction of sp³-hybridized carbons (Fsp3) is 0.222. The predicted octanol–water partition coefficient (Wildman–Crippen LogP) is 2.69. The highest BCUT2D eigenvalue weighted by Gasteiger charge is 2.10. The van der Waals surface area contributed by atoms with Crippen LogP contribution in [-0.2, 0) is 0 Å². The van der Waals surface area contributed by atoms with Crippen molar-refractivity contribution in [3.63, 3.8) is 0 Å². The first kappa shape index (κ1) is 15.1. The van der Waals surface area contributed by atoms with Gasteiger partial charge in [-0.1, -0.05) is 18.2 Å². The molecule has 3 rings (SSSR count). The summed E-state index contributed by atoms with van der Waals surface area (Å²) in [6.07, 6.45) is 1.05. The number of anilines is 1. The summed E-state index contributed by atoms with van der Waals surface area (Å²) in [7, 11) is 1.58. The van der Waals surface area contributed by atoms with E-state index in [1.54, 1.807) is 25.3 Å². The third-order valence-corrected chi connectivity index (χ3v) is 3.62. The van der Waals surface area contributed by atoms with Crippen molar-refractivity contribution in [2.75, 3.05) is 25.5 Å². The number of carbonyl (C=O) groups excluding carboxylic acids is 1. The molecule has 0 radical (unpaired) electrons. The fourth-order valence-corrected chi connectivity index (χ4v) is 2.44. The van der Waals surface area contributed by atoms with Gasteiger partial charge in [-0.05, 0) is 36.8 Å². The highest BCUT2D eigenvalue weighted by atomic mass is 16.5. The molecule has 1 amide bonds. The molecule has 1 aliphatic rings. The molecule has 2 aromatic carbocycles. The molecule has 0 aliphatic carbocycles. The number of hydrogen-bond donors (Lipinski definition) is 2. The van der Waals surface area contributed by atoms with Gasteiger partial charge in [0.2, 0.25) is 0 Å². The molecule has 0 spiro atoms. The van der Waals surface area contributed by atoms with Crippen molar-refractivity contribution in [2.24, 2.45) is 4.99 Å². The lowest BCUT2D eigenvalue weighted by atomic mass is 10.1. The lowest BCUT2D eigenvalue weighted by Gasteiger charge is -2.15. The van der Waals surface area contributed by atoms with Crippen LogP contribution >= 0.6 is 0 Å². The average Bonchev–Trinajstić information content (AvgIpc) is 2.63. The maximum atomic E-state index is 12.4. The Morgan fingerprint density at radius 3 is 2.87 bits per heavy atom. The van der Waals surface area contributed by atoms with E-state index in [4.69, 9.17) is 4.74 Å². The Bertz CT molecular complexity index is 741. The Hall–Kier alpha value is -2.82. The van der Waals surface area contributed by atoms with E-state index in [9.17, 15) is 4.79 Å². The number of hydrogen-bond acceptors (Lipinski definition) is 4. The van der Waals surface area contributed by atoms with Gasteiger partial charge in [0, 0.05) is 29.9 Å². The van der Waals surface area contributed by atoms with Crippen LogP contribution in [-0.4, -0.2) is 31.9 Å². The number of carbonyl (C=O) groups is 1. The van der Waals surface area contributed by atoms with Crippen LogP contribution in [0, 0.1) is 0 Å². The molecule has 1 aliphatic heterocycles. The Morgan fingerprint density at radius 2 is 2.09 bits per heavy atom. The van der Waals surface area contributed by atoms with Crippen LogP contribution in [0.1, 0.15) is 22.3 Å². The number of aliphatic imine (C=N–C) groups is 1. The van der Waals surface area contributed by atoms with E-state index in [0.717, 1.165) is 36.6 Å². The summed E-state index contributed by atoms with van der Waals surface area (Å²) in [4.78, 5) is 16.8. The summed E-state index contributed by atoms with van der Waals surface area (Å²) >= 11 is 0. The monoisotopic (exact) mass is 309 g/mol. The molecule has 2 N–H and O–H groups in total. The largest absolute Gasteiger partial charge is 0.497 e. The predicted molar refractivity (Wildman–Crippen MR) is 91.4 cm³/mol. The minimum absolute atomic E-state index is 0.167. The van der Waals surface area contributed by atoms with Gasteiger partial charge in [0.1, 0.15) is 11.6 Å². The molecule has 0 saturated heterocycles. The van der Waals surface area contributed by atoms with E-state index >= 15 is 0 Å². The minimum atomic E-state index is -0.167. The van der Waals surface area contributed by atoms with E-state index in [-0.39, 0.29) is 5.91 Å². The van der Waals surface area contributed by atoms with Gasteiger partial charge in [-0.15, -0.1) is 0 Å². The van der Waals surface area contributed by atoms with Crippen LogP contribution in [0.2, 0.25) is 0 Å². The quantitative estimate of drug-likeness (QED) is 0.913. The molecule has 0 fully saturated rings. The molecule has 5 nitrogen and oxygen atoms in total. The zero-order valence-corrected chi connectivity index (χ0v) is 13.0. The van der Waals surface area contributed by atoms with Gasteiger partial charge in [0.25, 0.3) is 5.91 Å². The second-order valence-electron chi connectivity index (χ2n) is 5.28. The molecular weight excluding hydrogens is 290 g/mol. The number of benzene rings is 2. The van der Waals surface area contributed by atoms with Crippen molar-refractivity contribution < 1.29 is 9.53 Å². The van der Waals surface area contributed by atoms with Crippen LogP contribution in [0.4, 0.5) is 5.69 Å². The lowest BCUT2D eigenvalue weighted by molar-refractivity contribution is 0.102. The number of ether oxygens (including phenoxy) is 1. The van der Waals surface area contributed by atoms with E-state index in [1.807, 2.05) is 30.3 Å². The summed E-state index contributed by atoms with van der Waals surface area (Å²) in [5.41, 5.74) is 2.28. The number of rotatable bonds is 4. The van der Waals surface area contributed by atoms with Crippen molar-refractivity contribution in [1.29, 1.82) is 0 Å². The van der Waals surface area contributed by atoms with E-state index in [0.29, 0.717) is 11.3 Å². The average molecular weight is 309 g/mol. The highest BCUT2D eigenvalue weighted by Crippen LogP contribution is 2.16. The van der Waals surface area contributed by atoms with E-state index < -0.39 is 0 Å². The first-order chi connectivity index (χ1) is 11.3. The van der Waals surface area contributed by atoms with Crippen molar-refractivity contribution >= 4 is 17.4 Å². The molecule has 118 valence electrons. The maximum Gasteiger partial charge on any atom is 0.255 e. The first-order valence-corrected chi connectivity index (χ1v) is 7.60. The molecule has 2 aromatic rings. The van der Waals surface area contributed by atoms with Crippen molar-refractivity contribution in [3.8, 4) is 5.75 Å². The topological polar surface area (TPSA) is 62.7 Å². The molecule has 0 aromatic heterocycles. The van der Waals surface area contributed by atoms with Crippen molar-refractivity contribution in [2.45, 2.75) is 6.42 Å². The third kappa shape index (κ3) is 3.69. The SMILES string of the molecule is COc1cccc(C(=O)Nc2cccc(C3=NCCCN3)c2)c1. The summed E-state index contributed by atoms with van der Waals surface area (Å²) in [6, 6.07) is 14.8. The highest BCUT2D eigenvalue weighted by molar-refractivity contribution is 6.06. The second-order valence-corrected chi connectivity index (χ2v) is 5.28. The Balaban J connectivity index is 1.77.